The number of nitrogens with one attached hydrogen (secondary N) is 2. The molecule has 0 unspecified atom stereocenters. The summed E-state index contributed by atoms with van der Waals surface area (Å²) >= 11 is 0. The minimum Gasteiger partial charge on any atom is -0.326 e. The summed E-state index contributed by atoms with van der Waals surface area (Å²) in [5, 5.41) is 2.77. The van der Waals surface area contributed by atoms with Gasteiger partial charge in [0.05, 0.1) is 12.5 Å². The van der Waals surface area contributed by atoms with Gasteiger partial charge in [-0.3, -0.25) is 14.4 Å². The van der Waals surface area contributed by atoms with Crippen molar-refractivity contribution in [1.82, 2.24) is 5.48 Å². The third kappa shape index (κ3) is 3.15. The second-order valence-corrected chi connectivity index (χ2v) is 5.13. The fourth-order valence-electron chi connectivity index (χ4n) is 2.48. The molecule has 2 aromatic rings. The second-order valence-electron chi connectivity index (χ2n) is 5.13. The molecule has 0 saturated heterocycles. The summed E-state index contributed by atoms with van der Waals surface area (Å²) in [6.45, 7) is 0.285. The molecule has 112 valence electrons. The van der Waals surface area contributed by atoms with E-state index in [1.165, 1.54) is 0 Å². The van der Waals surface area contributed by atoms with E-state index in [-0.39, 0.29) is 24.8 Å². The molecule has 0 bridgehead atoms. The van der Waals surface area contributed by atoms with Crippen molar-refractivity contribution in [1.29, 1.82) is 0 Å². The molecule has 0 radical (unpaired) electrons. The van der Waals surface area contributed by atoms with Crippen LogP contribution >= 0.6 is 0 Å². The first-order valence-corrected chi connectivity index (χ1v) is 7.08. The molecule has 1 aliphatic heterocycles. The Balaban J connectivity index is 1.64. The number of hydroxylamine groups is 1. The summed E-state index contributed by atoms with van der Waals surface area (Å²) in [6.07, 6.45) is 0.123. The molecule has 0 fully saturated rings. The molecule has 0 aliphatic carbocycles. The van der Waals surface area contributed by atoms with Gasteiger partial charge in [0.2, 0.25) is 5.91 Å². The third-order valence-electron chi connectivity index (χ3n) is 3.57. The van der Waals surface area contributed by atoms with Gasteiger partial charge < -0.3 is 5.32 Å². The van der Waals surface area contributed by atoms with Crippen LogP contribution in [0.1, 0.15) is 23.5 Å². The largest absolute Gasteiger partial charge is 0.326 e. The lowest BCUT2D eigenvalue weighted by Gasteiger charge is -2.24. The molecule has 22 heavy (non-hydrogen) atoms. The van der Waals surface area contributed by atoms with E-state index in [2.05, 4.69) is 10.8 Å². The normalized spacial score (nSPS) is 16.5. The van der Waals surface area contributed by atoms with Gasteiger partial charge in [0.15, 0.2) is 0 Å². The molecule has 5 nitrogen and oxygen atoms in total. The molecular formula is C17H16N2O3. The van der Waals surface area contributed by atoms with Crippen LogP contribution in [0.2, 0.25) is 0 Å². The molecule has 0 saturated carbocycles. The number of anilines is 1. The molecule has 0 aromatic heterocycles. The highest BCUT2D eigenvalue weighted by molar-refractivity contribution is 6.00. The predicted molar refractivity (Wildman–Crippen MR) is 81.8 cm³/mol. The first kappa shape index (κ1) is 14.3. The molecule has 1 aliphatic rings. The van der Waals surface area contributed by atoms with Gasteiger partial charge in [-0.2, -0.15) is 0 Å². The Kier molecular flexibility index (Phi) is 4.16. The van der Waals surface area contributed by atoms with Gasteiger partial charge in [0.1, 0.15) is 0 Å². The SMILES string of the molecule is O=C1C[C@@H](C(=O)NOCc2ccccc2)c2ccccc2N1. The fourth-order valence-corrected chi connectivity index (χ4v) is 2.48. The topological polar surface area (TPSA) is 67.4 Å². The minimum absolute atomic E-state index is 0.123. The van der Waals surface area contributed by atoms with E-state index < -0.39 is 5.92 Å². The monoisotopic (exact) mass is 296 g/mol. The van der Waals surface area contributed by atoms with Crippen molar-refractivity contribution in [3.8, 4) is 0 Å². The third-order valence-corrected chi connectivity index (χ3v) is 3.57. The quantitative estimate of drug-likeness (QED) is 0.851. The van der Waals surface area contributed by atoms with Crippen LogP contribution in [-0.2, 0) is 21.0 Å². The van der Waals surface area contributed by atoms with Crippen LogP contribution in [0.5, 0.6) is 0 Å². The van der Waals surface area contributed by atoms with Crippen molar-refractivity contribution in [3.63, 3.8) is 0 Å². The van der Waals surface area contributed by atoms with Gasteiger partial charge in [-0.15, -0.1) is 0 Å². The van der Waals surface area contributed by atoms with E-state index in [4.69, 9.17) is 4.84 Å². The number of fused-ring (bicyclic) bond motifs is 1. The molecule has 1 heterocycles. The van der Waals surface area contributed by atoms with Gasteiger partial charge in [-0.25, -0.2) is 5.48 Å². The summed E-state index contributed by atoms with van der Waals surface area (Å²) in [7, 11) is 0. The van der Waals surface area contributed by atoms with Crippen LogP contribution in [0.4, 0.5) is 5.69 Å². The van der Waals surface area contributed by atoms with Crippen LogP contribution in [-0.4, -0.2) is 11.8 Å². The maximum absolute atomic E-state index is 12.3. The van der Waals surface area contributed by atoms with E-state index in [0.29, 0.717) is 5.69 Å². The Bertz CT molecular complexity index is 685. The van der Waals surface area contributed by atoms with Crippen LogP contribution < -0.4 is 10.8 Å². The smallest absolute Gasteiger partial charge is 0.251 e. The van der Waals surface area contributed by atoms with E-state index in [1.54, 1.807) is 6.07 Å². The second kappa shape index (κ2) is 6.41. The molecule has 2 N–H and O–H groups in total. The predicted octanol–water partition coefficient (Wildman–Crippen LogP) is 2.36. The minimum atomic E-state index is -0.527. The Morgan fingerprint density at radius 3 is 2.68 bits per heavy atom. The Labute approximate surface area is 128 Å². The number of amides is 2. The molecule has 3 rings (SSSR count). The Hall–Kier alpha value is -2.66. The average Bonchev–Trinajstić information content (AvgIpc) is 2.55. The number of benzene rings is 2. The van der Waals surface area contributed by atoms with Crippen molar-refractivity contribution < 1.29 is 14.4 Å². The molecule has 2 amide bonds. The van der Waals surface area contributed by atoms with E-state index in [9.17, 15) is 9.59 Å². The number of hydrogen-bond acceptors (Lipinski definition) is 3. The number of carbonyl (C=O) groups is 2. The standard InChI is InChI=1S/C17H16N2O3/c20-16-10-14(13-8-4-5-9-15(13)18-16)17(21)19-22-11-12-6-2-1-3-7-12/h1-9,14H,10-11H2,(H,18,20)(H,19,21)/t14-/m1/s1. The van der Waals surface area contributed by atoms with Crippen molar-refractivity contribution >= 4 is 17.5 Å². The zero-order chi connectivity index (χ0) is 15.4. The summed E-state index contributed by atoms with van der Waals surface area (Å²) in [4.78, 5) is 29.2. The lowest BCUT2D eigenvalue weighted by molar-refractivity contribution is -0.137. The maximum atomic E-state index is 12.3. The summed E-state index contributed by atoms with van der Waals surface area (Å²) in [5.74, 6) is -0.999. The van der Waals surface area contributed by atoms with Crippen LogP contribution in [0.25, 0.3) is 0 Å². The molecule has 1 atom stereocenters. The molecule has 5 heteroatoms. The molecular weight excluding hydrogens is 280 g/mol. The van der Waals surface area contributed by atoms with Crippen molar-refractivity contribution in [3.05, 3.63) is 65.7 Å². The zero-order valence-electron chi connectivity index (χ0n) is 11.9. The highest BCUT2D eigenvalue weighted by Gasteiger charge is 2.30. The van der Waals surface area contributed by atoms with Crippen molar-refractivity contribution in [2.75, 3.05) is 5.32 Å². The van der Waals surface area contributed by atoms with Gasteiger partial charge in [0, 0.05) is 12.1 Å². The van der Waals surface area contributed by atoms with Gasteiger partial charge in [-0.1, -0.05) is 48.5 Å². The highest BCUT2D eigenvalue weighted by atomic mass is 16.6. The van der Waals surface area contributed by atoms with Crippen LogP contribution in [0.15, 0.2) is 54.6 Å². The maximum Gasteiger partial charge on any atom is 0.251 e. The summed E-state index contributed by atoms with van der Waals surface area (Å²) in [6, 6.07) is 16.9. The van der Waals surface area contributed by atoms with Gasteiger partial charge in [-0.05, 0) is 17.2 Å². The number of para-hydroxylation sites is 1. The number of rotatable bonds is 4. The van der Waals surface area contributed by atoms with Crippen molar-refractivity contribution in [2.45, 2.75) is 18.9 Å². The van der Waals surface area contributed by atoms with E-state index in [1.807, 2.05) is 48.5 Å². The van der Waals surface area contributed by atoms with E-state index >= 15 is 0 Å². The lowest BCUT2D eigenvalue weighted by Crippen LogP contribution is -2.35. The summed E-state index contributed by atoms with van der Waals surface area (Å²) in [5.41, 5.74) is 4.90. The first-order valence-electron chi connectivity index (χ1n) is 7.08. The van der Waals surface area contributed by atoms with Gasteiger partial charge in [0.25, 0.3) is 5.91 Å². The highest BCUT2D eigenvalue weighted by Crippen LogP contribution is 2.31. The fraction of sp³-hybridized carbons (Fsp3) is 0.176. The average molecular weight is 296 g/mol. The Morgan fingerprint density at radius 2 is 1.86 bits per heavy atom. The number of carbonyl (C=O) groups excluding carboxylic acids is 2. The van der Waals surface area contributed by atoms with Crippen LogP contribution in [0.3, 0.4) is 0 Å². The molecule has 2 aromatic carbocycles. The lowest BCUT2D eigenvalue weighted by atomic mass is 9.90. The number of hydrogen-bond donors (Lipinski definition) is 2. The Morgan fingerprint density at radius 1 is 1.14 bits per heavy atom. The van der Waals surface area contributed by atoms with Crippen LogP contribution in [0, 0.1) is 0 Å². The summed E-state index contributed by atoms with van der Waals surface area (Å²) < 4.78 is 0. The zero-order valence-corrected chi connectivity index (χ0v) is 11.9. The van der Waals surface area contributed by atoms with E-state index in [0.717, 1.165) is 11.1 Å². The van der Waals surface area contributed by atoms with Crippen molar-refractivity contribution in [2.24, 2.45) is 0 Å². The molecule has 0 spiro atoms. The first-order chi connectivity index (χ1) is 10.7. The van der Waals surface area contributed by atoms with Gasteiger partial charge >= 0.3 is 0 Å².